The number of oxazole rings is 1. The summed E-state index contributed by atoms with van der Waals surface area (Å²) in [4.78, 5) is 15.3. The highest BCUT2D eigenvalue weighted by Crippen LogP contribution is 2.17. The van der Waals surface area contributed by atoms with Crippen molar-refractivity contribution in [2.75, 3.05) is 5.43 Å². The number of benzene rings is 2. The van der Waals surface area contributed by atoms with E-state index in [4.69, 9.17) is 9.52 Å². The first-order chi connectivity index (χ1) is 10.2. The molecule has 0 amide bonds. The van der Waals surface area contributed by atoms with E-state index in [1.807, 2.05) is 18.2 Å². The van der Waals surface area contributed by atoms with Crippen molar-refractivity contribution in [2.45, 2.75) is 0 Å². The van der Waals surface area contributed by atoms with E-state index in [1.54, 1.807) is 24.3 Å². The van der Waals surface area contributed by atoms with E-state index >= 15 is 0 Å². The quantitative estimate of drug-likeness (QED) is 0.567. The molecule has 0 bridgehead atoms. The van der Waals surface area contributed by atoms with Gasteiger partial charge in [-0.2, -0.15) is 10.1 Å². The average Bonchev–Trinajstić information content (AvgIpc) is 2.90. The van der Waals surface area contributed by atoms with Gasteiger partial charge in [0.2, 0.25) is 0 Å². The average molecular weight is 281 g/mol. The highest BCUT2D eigenvalue weighted by Gasteiger charge is 2.07. The minimum absolute atomic E-state index is 0.181. The molecule has 0 radical (unpaired) electrons. The third-order valence-corrected chi connectivity index (χ3v) is 2.85. The molecular weight excluding hydrogens is 270 g/mol. The summed E-state index contributed by atoms with van der Waals surface area (Å²) in [6.45, 7) is 0. The van der Waals surface area contributed by atoms with Crippen molar-refractivity contribution in [3.8, 4) is 0 Å². The normalized spacial score (nSPS) is 11.0. The summed E-state index contributed by atoms with van der Waals surface area (Å²) in [5.74, 6) is -1.00. The van der Waals surface area contributed by atoms with Crippen LogP contribution in [-0.4, -0.2) is 22.3 Å². The predicted octanol–water partition coefficient (Wildman–Crippen LogP) is 2.97. The standard InChI is InChI=1S/C15H11N3O3/c19-14(20)11-6-2-1-5-10(11)9-16-18-15-17-12-7-3-4-8-13(12)21-15/h1-9H,(H,17,18)(H,19,20). The van der Waals surface area contributed by atoms with Crippen molar-refractivity contribution in [1.82, 2.24) is 4.98 Å². The highest BCUT2D eigenvalue weighted by atomic mass is 16.4. The predicted molar refractivity (Wildman–Crippen MR) is 78.6 cm³/mol. The van der Waals surface area contributed by atoms with Crippen molar-refractivity contribution < 1.29 is 14.3 Å². The number of nitrogens with zero attached hydrogens (tertiary/aromatic N) is 2. The fourth-order valence-electron chi connectivity index (χ4n) is 1.88. The molecule has 0 aliphatic carbocycles. The Morgan fingerprint density at radius 2 is 1.95 bits per heavy atom. The fraction of sp³-hybridized carbons (Fsp3) is 0. The molecule has 0 atom stereocenters. The first-order valence-electron chi connectivity index (χ1n) is 6.21. The van der Waals surface area contributed by atoms with Gasteiger partial charge in [-0.05, 0) is 18.2 Å². The molecule has 0 spiro atoms. The van der Waals surface area contributed by atoms with Gasteiger partial charge in [-0.25, -0.2) is 10.2 Å². The van der Waals surface area contributed by atoms with Crippen LogP contribution in [0.15, 0.2) is 58.0 Å². The molecule has 0 fully saturated rings. The molecule has 0 aliphatic heterocycles. The van der Waals surface area contributed by atoms with E-state index in [0.29, 0.717) is 11.1 Å². The first kappa shape index (κ1) is 12.9. The van der Waals surface area contributed by atoms with Gasteiger partial charge in [0.15, 0.2) is 5.58 Å². The topological polar surface area (TPSA) is 87.7 Å². The van der Waals surface area contributed by atoms with Crippen molar-refractivity contribution in [2.24, 2.45) is 5.10 Å². The maximum atomic E-state index is 11.1. The number of carboxylic acid groups (broad SMARTS) is 1. The number of carbonyl (C=O) groups is 1. The van der Waals surface area contributed by atoms with Gasteiger partial charge in [0.1, 0.15) is 5.52 Å². The molecule has 0 aliphatic rings. The number of hydrogen-bond acceptors (Lipinski definition) is 5. The van der Waals surface area contributed by atoms with Crippen LogP contribution in [0.4, 0.5) is 6.01 Å². The van der Waals surface area contributed by atoms with Gasteiger partial charge >= 0.3 is 12.0 Å². The van der Waals surface area contributed by atoms with E-state index in [9.17, 15) is 4.79 Å². The largest absolute Gasteiger partial charge is 0.478 e. The molecule has 1 heterocycles. The lowest BCUT2D eigenvalue weighted by molar-refractivity contribution is 0.0697. The molecule has 0 saturated heterocycles. The van der Waals surface area contributed by atoms with Gasteiger partial charge in [0.05, 0.1) is 11.8 Å². The van der Waals surface area contributed by atoms with Gasteiger partial charge in [-0.15, -0.1) is 0 Å². The molecular formula is C15H11N3O3. The molecule has 104 valence electrons. The Balaban J connectivity index is 1.79. The van der Waals surface area contributed by atoms with Crippen LogP contribution in [0.5, 0.6) is 0 Å². The smallest absolute Gasteiger partial charge is 0.336 e. The van der Waals surface area contributed by atoms with E-state index in [-0.39, 0.29) is 11.6 Å². The maximum Gasteiger partial charge on any atom is 0.336 e. The van der Waals surface area contributed by atoms with Crippen molar-refractivity contribution in [3.05, 3.63) is 59.7 Å². The molecule has 2 aromatic carbocycles. The van der Waals surface area contributed by atoms with Crippen LogP contribution in [0.3, 0.4) is 0 Å². The van der Waals surface area contributed by atoms with Crippen LogP contribution in [0.2, 0.25) is 0 Å². The van der Waals surface area contributed by atoms with E-state index in [0.717, 1.165) is 5.52 Å². The van der Waals surface area contributed by atoms with E-state index in [2.05, 4.69) is 15.5 Å². The summed E-state index contributed by atoms with van der Waals surface area (Å²) in [6.07, 6.45) is 1.42. The van der Waals surface area contributed by atoms with Gasteiger partial charge in [-0.1, -0.05) is 30.3 Å². The SMILES string of the molecule is O=C(O)c1ccccc1C=NNc1nc2ccccc2o1. The van der Waals surface area contributed by atoms with Crippen LogP contribution in [0, 0.1) is 0 Å². The van der Waals surface area contributed by atoms with Gasteiger partial charge in [0.25, 0.3) is 0 Å². The summed E-state index contributed by atoms with van der Waals surface area (Å²) in [6, 6.07) is 14.2. The molecule has 0 saturated carbocycles. The van der Waals surface area contributed by atoms with Gasteiger partial charge in [0, 0.05) is 5.56 Å². The lowest BCUT2D eigenvalue weighted by Gasteiger charge is -1.99. The van der Waals surface area contributed by atoms with Gasteiger partial charge < -0.3 is 9.52 Å². The summed E-state index contributed by atoms with van der Waals surface area (Å²) in [7, 11) is 0. The molecule has 6 nitrogen and oxygen atoms in total. The minimum atomic E-state index is -1.00. The Labute approximate surface area is 119 Å². The number of hydrogen-bond donors (Lipinski definition) is 2. The van der Waals surface area contributed by atoms with E-state index < -0.39 is 5.97 Å². The fourth-order valence-corrected chi connectivity index (χ4v) is 1.88. The zero-order valence-electron chi connectivity index (χ0n) is 10.9. The molecule has 21 heavy (non-hydrogen) atoms. The second-order valence-corrected chi connectivity index (χ2v) is 4.25. The van der Waals surface area contributed by atoms with Crippen LogP contribution in [0.1, 0.15) is 15.9 Å². The molecule has 3 aromatic rings. The number of aromatic carboxylic acids is 1. The zero-order valence-corrected chi connectivity index (χ0v) is 10.9. The molecule has 3 rings (SSSR count). The number of fused-ring (bicyclic) bond motifs is 1. The number of para-hydroxylation sites is 2. The second-order valence-electron chi connectivity index (χ2n) is 4.25. The third kappa shape index (κ3) is 2.74. The monoisotopic (exact) mass is 281 g/mol. The lowest BCUT2D eigenvalue weighted by Crippen LogP contribution is -2.02. The molecule has 1 aromatic heterocycles. The van der Waals surface area contributed by atoms with Crippen LogP contribution in [0.25, 0.3) is 11.1 Å². The molecule has 2 N–H and O–H groups in total. The Morgan fingerprint density at radius 1 is 1.19 bits per heavy atom. The summed E-state index contributed by atoms with van der Waals surface area (Å²) in [5.41, 5.74) is 4.70. The Hall–Kier alpha value is -3.15. The Morgan fingerprint density at radius 3 is 2.76 bits per heavy atom. The number of aromatic nitrogens is 1. The van der Waals surface area contributed by atoms with Gasteiger partial charge in [-0.3, -0.25) is 0 Å². The summed E-state index contributed by atoms with van der Waals surface area (Å²) in [5, 5.41) is 13.0. The lowest BCUT2D eigenvalue weighted by atomic mass is 10.1. The third-order valence-electron chi connectivity index (χ3n) is 2.85. The summed E-state index contributed by atoms with van der Waals surface area (Å²) >= 11 is 0. The molecule has 6 heteroatoms. The van der Waals surface area contributed by atoms with Crippen molar-refractivity contribution in [1.29, 1.82) is 0 Å². The number of anilines is 1. The van der Waals surface area contributed by atoms with Crippen LogP contribution in [-0.2, 0) is 0 Å². The second kappa shape index (κ2) is 5.46. The Bertz CT molecular complexity index is 791. The maximum absolute atomic E-state index is 11.1. The number of carboxylic acids is 1. The van der Waals surface area contributed by atoms with Crippen molar-refractivity contribution >= 4 is 29.3 Å². The highest BCUT2D eigenvalue weighted by molar-refractivity contribution is 5.98. The first-order valence-corrected chi connectivity index (χ1v) is 6.21. The Kier molecular flexibility index (Phi) is 3.34. The van der Waals surface area contributed by atoms with Crippen molar-refractivity contribution in [3.63, 3.8) is 0 Å². The number of rotatable bonds is 4. The van der Waals surface area contributed by atoms with Crippen LogP contribution < -0.4 is 5.43 Å². The van der Waals surface area contributed by atoms with Crippen LogP contribution >= 0.6 is 0 Å². The minimum Gasteiger partial charge on any atom is -0.478 e. The number of nitrogens with one attached hydrogen (secondary N) is 1. The molecule has 0 unspecified atom stereocenters. The zero-order chi connectivity index (χ0) is 14.7. The number of hydrazone groups is 1. The summed E-state index contributed by atoms with van der Waals surface area (Å²) < 4.78 is 5.43. The van der Waals surface area contributed by atoms with E-state index in [1.165, 1.54) is 12.3 Å².